The first kappa shape index (κ1) is 26.6. The first-order valence-corrected chi connectivity index (χ1v) is 13.1. The fourth-order valence-electron chi connectivity index (χ4n) is 4.89. The molecule has 6 heteroatoms. The summed E-state index contributed by atoms with van der Waals surface area (Å²) in [6, 6.07) is 20.6. The van der Waals surface area contributed by atoms with Crippen molar-refractivity contribution in [2.75, 3.05) is 6.54 Å². The van der Waals surface area contributed by atoms with Crippen LogP contribution < -0.4 is 0 Å². The number of aromatic carboxylic acids is 1. The molecule has 1 aliphatic heterocycles. The Morgan fingerprint density at radius 2 is 1.92 bits per heavy atom. The number of aliphatic hydroxyl groups excluding tert-OH is 1. The molecule has 1 heterocycles. The highest BCUT2D eigenvalue weighted by Gasteiger charge is 2.28. The van der Waals surface area contributed by atoms with E-state index in [9.17, 15) is 14.7 Å². The number of aryl methyl sites for hydroxylation is 2. The zero-order valence-corrected chi connectivity index (χ0v) is 21.7. The normalized spacial score (nSPS) is 16.5. The third-order valence-electron chi connectivity index (χ3n) is 6.94. The van der Waals surface area contributed by atoms with Gasteiger partial charge in [0.2, 0.25) is 5.91 Å². The Kier molecular flexibility index (Phi) is 8.80. The SMILES string of the molecule is CCc1cc(Cl)ccc1-c1cccc(C(O)/C=C/C2CCC(=O)N2CCCc2ccc(C(=O)O)cc2)c1. The molecular formula is C31H32ClNO4. The quantitative estimate of drug-likeness (QED) is 0.302. The molecule has 2 unspecified atom stereocenters. The standard InChI is InChI=1S/C31H32ClNO4/c1-2-22-20-26(32)12-15-28(22)24-6-3-7-25(19-24)29(34)16-13-27-14-17-30(35)33(27)18-4-5-21-8-10-23(11-9-21)31(36)37/h3,6-13,15-16,19-20,27,29,34H,2,4-5,14,17-18H2,1H3,(H,36,37)/b16-13+. The van der Waals surface area contributed by atoms with Gasteiger partial charge in [-0.25, -0.2) is 4.79 Å². The van der Waals surface area contributed by atoms with E-state index in [2.05, 4.69) is 6.92 Å². The lowest BCUT2D eigenvalue weighted by Gasteiger charge is -2.23. The molecular weight excluding hydrogens is 486 g/mol. The Balaban J connectivity index is 1.39. The number of carbonyl (C=O) groups is 2. The number of amides is 1. The minimum absolute atomic E-state index is 0.0392. The summed E-state index contributed by atoms with van der Waals surface area (Å²) in [7, 11) is 0. The summed E-state index contributed by atoms with van der Waals surface area (Å²) in [5.74, 6) is -0.810. The molecule has 192 valence electrons. The van der Waals surface area contributed by atoms with Gasteiger partial charge in [-0.05, 0) is 83.8 Å². The monoisotopic (exact) mass is 517 g/mol. The van der Waals surface area contributed by atoms with Crippen molar-refractivity contribution in [2.45, 2.75) is 51.2 Å². The maximum Gasteiger partial charge on any atom is 0.335 e. The number of carbonyl (C=O) groups excluding carboxylic acids is 1. The van der Waals surface area contributed by atoms with Crippen LogP contribution in [0.2, 0.25) is 5.02 Å². The number of likely N-dealkylation sites (tertiary alicyclic amines) is 1. The zero-order valence-electron chi connectivity index (χ0n) is 20.9. The fraction of sp³-hybridized carbons (Fsp3) is 0.290. The van der Waals surface area contributed by atoms with Crippen molar-refractivity contribution >= 4 is 23.5 Å². The number of halogens is 1. The molecule has 1 amide bonds. The van der Waals surface area contributed by atoms with E-state index in [1.165, 1.54) is 0 Å². The summed E-state index contributed by atoms with van der Waals surface area (Å²) < 4.78 is 0. The lowest BCUT2D eigenvalue weighted by molar-refractivity contribution is -0.128. The first-order valence-electron chi connectivity index (χ1n) is 12.7. The van der Waals surface area contributed by atoms with Crippen molar-refractivity contribution in [2.24, 2.45) is 0 Å². The second kappa shape index (κ2) is 12.2. The molecule has 4 rings (SSSR count). The molecule has 1 fully saturated rings. The van der Waals surface area contributed by atoms with Crippen LogP contribution in [0.3, 0.4) is 0 Å². The predicted molar refractivity (Wildman–Crippen MR) is 147 cm³/mol. The summed E-state index contributed by atoms with van der Waals surface area (Å²) >= 11 is 6.17. The Bertz CT molecular complexity index is 1280. The Morgan fingerprint density at radius 3 is 2.65 bits per heavy atom. The van der Waals surface area contributed by atoms with Crippen LogP contribution in [0, 0.1) is 0 Å². The average Bonchev–Trinajstić information content (AvgIpc) is 3.26. The van der Waals surface area contributed by atoms with E-state index in [1.807, 2.05) is 65.6 Å². The van der Waals surface area contributed by atoms with Gasteiger partial charge in [-0.2, -0.15) is 0 Å². The van der Waals surface area contributed by atoms with E-state index in [0.717, 1.165) is 53.5 Å². The van der Waals surface area contributed by atoms with Crippen LogP contribution >= 0.6 is 11.6 Å². The lowest BCUT2D eigenvalue weighted by atomic mass is 9.95. The number of carboxylic acid groups (broad SMARTS) is 1. The average molecular weight is 518 g/mol. The van der Waals surface area contributed by atoms with Crippen LogP contribution in [0.15, 0.2) is 78.9 Å². The minimum atomic E-state index is -0.937. The van der Waals surface area contributed by atoms with Gasteiger partial charge in [0.15, 0.2) is 0 Å². The number of benzene rings is 3. The maximum atomic E-state index is 12.5. The summed E-state index contributed by atoms with van der Waals surface area (Å²) in [5, 5.41) is 20.7. The van der Waals surface area contributed by atoms with Crippen LogP contribution in [0.5, 0.6) is 0 Å². The van der Waals surface area contributed by atoms with Gasteiger partial charge in [-0.15, -0.1) is 0 Å². The van der Waals surface area contributed by atoms with Gasteiger partial charge in [0.25, 0.3) is 0 Å². The number of rotatable bonds is 10. The van der Waals surface area contributed by atoms with E-state index in [0.29, 0.717) is 18.0 Å². The first-order chi connectivity index (χ1) is 17.9. The van der Waals surface area contributed by atoms with Crippen LogP contribution in [0.25, 0.3) is 11.1 Å². The van der Waals surface area contributed by atoms with Crippen LogP contribution in [-0.4, -0.2) is 39.6 Å². The highest BCUT2D eigenvalue weighted by molar-refractivity contribution is 6.30. The van der Waals surface area contributed by atoms with Gasteiger partial charge in [-0.3, -0.25) is 4.79 Å². The molecule has 3 aromatic rings. The largest absolute Gasteiger partial charge is 0.478 e. The molecule has 1 aliphatic rings. The van der Waals surface area contributed by atoms with E-state index in [4.69, 9.17) is 16.7 Å². The fourth-order valence-corrected chi connectivity index (χ4v) is 5.08. The summed E-state index contributed by atoms with van der Waals surface area (Å²) in [6.07, 6.45) is 6.61. The molecule has 3 aromatic carbocycles. The topological polar surface area (TPSA) is 77.8 Å². The number of hydrogen-bond donors (Lipinski definition) is 2. The molecule has 0 saturated carbocycles. The van der Waals surface area contributed by atoms with Gasteiger partial charge in [0, 0.05) is 18.0 Å². The number of hydrogen-bond acceptors (Lipinski definition) is 3. The van der Waals surface area contributed by atoms with Crippen molar-refractivity contribution in [3.63, 3.8) is 0 Å². The molecule has 0 radical (unpaired) electrons. The van der Waals surface area contributed by atoms with Gasteiger partial charge < -0.3 is 15.1 Å². The lowest BCUT2D eigenvalue weighted by Crippen LogP contribution is -2.33. The Morgan fingerprint density at radius 1 is 1.14 bits per heavy atom. The minimum Gasteiger partial charge on any atom is -0.478 e. The molecule has 0 aromatic heterocycles. The molecule has 2 N–H and O–H groups in total. The molecule has 2 atom stereocenters. The van der Waals surface area contributed by atoms with E-state index in [-0.39, 0.29) is 17.5 Å². The van der Waals surface area contributed by atoms with Crippen LogP contribution in [0.1, 0.15) is 59.3 Å². The molecule has 37 heavy (non-hydrogen) atoms. The van der Waals surface area contributed by atoms with Gasteiger partial charge in [0.05, 0.1) is 17.7 Å². The van der Waals surface area contributed by atoms with Crippen molar-refractivity contribution in [3.8, 4) is 11.1 Å². The van der Waals surface area contributed by atoms with Gasteiger partial charge >= 0.3 is 5.97 Å². The molecule has 1 saturated heterocycles. The van der Waals surface area contributed by atoms with Crippen molar-refractivity contribution < 1.29 is 19.8 Å². The number of carboxylic acids is 1. The highest BCUT2D eigenvalue weighted by Crippen LogP contribution is 2.30. The second-order valence-corrected chi connectivity index (χ2v) is 9.85. The van der Waals surface area contributed by atoms with Crippen LogP contribution in [0.4, 0.5) is 0 Å². The summed E-state index contributed by atoms with van der Waals surface area (Å²) in [5.41, 5.74) is 5.42. The third kappa shape index (κ3) is 6.68. The predicted octanol–water partition coefficient (Wildman–Crippen LogP) is 6.48. The smallest absolute Gasteiger partial charge is 0.335 e. The number of nitrogens with zero attached hydrogens (tertiary/aromatic N) is 1. The van der Waals surface area contributed by atoms with Crippen molar-refractivity contribution in [3.05, 3.63) is 106 Å². The highest BCUT2D eigenvalue weighted by atomic mass is 35.5. The van der Waals surface area contributed by atoms with E-state index < -0.39 is 12.1 Å². The summed E-state index contributed by atoms with van der Waals surface area (Å²) in [4.78, 5) is 25.4. The molecule has 0 bridgehead atoms. The van der Waals surface area contributed by atoms with Gasteiger partial charge in [-0.1, -0.05) is 67.1 Å². The molecule has 5 nitrogen and oxygen atoms in total. The maximum absolute atomic E-state index is 12.5. The Labute approximate surface area is 223 Å². The molecule has 0 aliphatic carbocycles. The second-order valence-electron chi connectivity index (χ2n) is 9.41. The van der Waals surface area contributed by atoms with Crippen LogP contribution in [-0.2, 0) is 17.6 Å². The van der Waals surface area contributed by atoms with E-state index >= 15 is 0 Å². The number of aliphatic hydroxyl groups is 1. The van der Waals surface area contributed by atoms with Crippen molar-refractivity contribution in [1.82, 2.24) is 4.90 Å². The summed E-state index contributed by atoms with van der Waals surface area (Å²) in [6.45, 7) is 2.72. The Hall–Kier alpha value is -3.41. The van der Waals surface area contributed by atoms with Gasteiger partial charge in [0.1, 0.15) is 0 Å². The zero-order chi connectivity index (χ0) is 26.4. The van der Waals surface area contributed by atoms with Crippen molar-refractivity contribution in [1.29, 1.82) is 0 Å². The van der Waals surface area contributed by atoms with E-state index in [1.54, 1.807) is 18.2 Å². The molecule has 0 spiro atoms. The third-order valence-corrected chi connectivity index (χ3v) is 7.18.